The van der Waals surface area contributed by atoms with Crippen molar-refractivity contribution in [2.24, 2.45) is 5.92 Å². The van der Waals surface area contributed by atoms with Crippen LogP contribution in [0, 0.1) is 12.8 Å². The van der Waals surface area contributed by atoms with Crippen LogP contribution in [0.3, 0.4) is 0 Å². The summed E-state index contributed by atoms with van der Waals surface area (Å²) in [5.74, 6) is -0.110. The molecule has 1 N–H and O–H groups in total. The zero-order valence-corrected chi connectivity index (χ0v) is 28.9. The third-order valence-electron chi connectivity index (χ3n) is 7.47. The minimum atomic E-state index is -4.20. The van der Waals surface area contributed by atoms with Crippen molar-refractivity contribution in [3.63, 3.8) is 0 Å². The summed E-state index contributed by atoms with van der Waals surface area (Å²) in [6.07, 6.45) is 0.253. The average molecular weight is 707 g/mol. The molecular weight excluding hydrogens is 666 g/mol. The van der Waals surface area contributed by atoms with E-state index in [9.17, 15) is 18.0 Å². The number of benzene rings is 4. The summed E-state index contributed by atoms with van der Waals surface area (Å²) in [6, 6.07) is 29.1. The van der Waals surface area contributed by atoms with Crippen LogP contribution in [0.25, 0.3) is 0 Å². The normalized spacial score (nSPS) is 12.0. The van der Waals surface area contributed by atoms with Gasteiger partial charge in [-0.1, -0.05) is 89.9 Å². The Labute approximate surface area is 280 Å². The molecule has 4 aromatic rings. The molecule has 242 valence electrons. The predicted molar refractivity (Wildman–Crippen MR) is 185 cm³/mol. The summed E-state index contributed by atoms with van der Waals surface area (Å²) in [4.78, 5) is 29.9. The predicted octanol–water partition coefficient (Wildman–Crippen LogP) is 6.37. The van der Waals surface area contributed by atoms with Crippen LogP contribution in [0.4, 0.5) is 5.69 Å². The van der Waals surface area contributed by atoms with Crippen LogP contribution in [-0.2, 0) is 32.6 Å². The maximum atomic E-state index is 14.5. The number of sulfonamides is 1. The maximum Gasteiger partial charge on any atom is 0.264 e. The van der Waals surface area contributed by atoms with E-state index in [2.05, 4.69) is 21.2 Å². The van der Waals surface area contributed by atoms with Gasteiger partial charge >= 0.3 is 0 Å². The van der Waals surface area contributed by atoms with Crippen molar-refractivity contribution in [3.05, 3.63) is 124 Å². The number of amides is 2. The van der Waals surface area contributed by atoms with Gasteiger partial charge in [0.2, 0.25) is 11.8 Å². The van der Waals surface area contributed by atoms with Gasteiger partial charge in [0.1, 0.15) is 18.3 Å². The van der Waals surface area contributed by atoms with Crippen molar-refractivity contribution in [3.8, 4) is 5.75 Å². The van der Waals surface area contributed by atoms with Crippen LogP contribution >= 0.6 is 15.9 Å². The fourth-order valence-corrected chi connectivity index (χ4v) is 6.56. The lowest BCUT2D eigenvalue weighted by molar-refractivity contribution is -0.140. The van der Waals surface area contributed by atoms with Crippen LogP contribution in [0.1, 0.15) is 30.5 Å². The first-order valence-electron chi connectivity index (χ1n) is 15.1. The van der Waals surface area contributed by atoms with Crippen molar-refractivity contribution in [2.75, 3.05) is 24.5 Å². The minimum absolute atomic E-state index is 0.0108. The third kappa shape index (κ3) is 9.20. The van der Waals surface area contributed by atoms with Gasteiger partial charge in [0.05, 0.1) is 17.7 Å². The first-order valence-corrected chi connectivity index (χ1v) is 17.3. The monoisotopic (exact) mass is 705 g/mol. The van der Waals surface area contributed by atoms with Gasteiger partial charge in [0, 0.05) is 24.0 Å². The summed E-state index contributed by atoms with van der Waals surface area (Å²) < 4.78 is 35.6. The van der Waals surface area contributed by atoms with Gasteiger partial charge in [0.25, 0.3) is 10.0 Å². The Bertz CT molecular complexity index is 1700. The van der Waals surface area contributed by atoms with Crippen LogP contribution < -0.4 is 14.4 Å². The molecule has 8 nitrogen and oxygen atoms in total. The molecule has 10 heteroatoms. The number of rotatable bonds is 14. The van der Waals surface area contributed by atoms with Crippen molar-refractivity contribution in [2.45, 2.75) is 44.7 Å². The number of nitrogens with one attached hydrogen (secondary N) is 1. The Morgan fingerprint density at radius 2 is 1.48 bits per heavy atom. The van der Waals surface area contributed by atoms with E-state index in [4.69, 9.17) is 4.74 Å². The largest absolute Gasteiger partial charge is 0.497 e. The summed E-state index contributed by atoms with van der Waals surface area (Å²) >= 11 is 3.46. The third-order valence-corrected chi connectivity index (χ3v) is 9.79. The van der Waals surface area contributed by atoms with Crippen molar-refractivity contribution in [1.82, 2.24) is 10.2 Å². The van der Waals surface area contributed by atoms with Gasteiger partial charge in [-0.25, -0.2) is 8.42 Å². The number of ether oxygens (including phenoxy) is 1. The lowest BCUT2D eigenvalue weighted by Crippen LogP contribution is -2.53. The second kappa shape index (κ2) is 15.9. The molecule has 0 saturated carbocycles. The number of carbonyl (C=O) groups is 2. The highest BCUT2D eigenvalue weighted by Crippen LogP contribution is 2.27. The topological polar surface area (TPSA) is 96.0 Å². The number of hydrogen-bond donors (Lipinski definition) is 1. The van der Waals surface area contributed by atoms with Gasteiger partial charge in [-0.05, 0) is 72.5 Å². The Morgan fingerprint density at radius 3 is 2.07 bits per heavy atom. The Kier molecular flexibility index (Phi) is 12.0. The lowest BCUT2D eigenvalue weighted by atomic mass is 10.0. The number of halogens is 1. The van der Waals surface area contributed by atoms with E-state index < -0.39 is 28.5 Å². The number of carbonyl (C=O) groups excluding carboxylic acids is 2. The smallest absolute Gasteiger partial charge is 0.264 e. The SMILES string of the molecule is COc1ccc(S(=O)(=O)N(CC(=O)N(Cc2ccc(Br)cc2)[C@H](Cc2ccccc2)C(=O)NCC(C)C)c2ccc(C)cc2)cc1. The zero-order chi connectivity index (χ0) is 33.3. The summed E-state index contributed by atoms with van der Waals surface area (Å²) in [7, 11) is -2.70. The van der Waals surface area contributed by atoms with Gasteiger partial charge in [0.15, 0.2) is 0 Å². The molecule has 0 unspecified atom stereocenters. The van der Waals surface area contributed by atoms with E-state index in [1.54, 1.807) is 36.4 Å². The molecule has 0 aromatic heterocycles. The van der Waals surface area contributed by atoms with Crippen LogP contribution in [0.15, 0.2) is 112 Å². The number of anilines is 1. The van der Waals surface area contributed by atoms with Crippen LogP contribution in [0.5, 0.6) is 5.75 Å². The standard InChI is InChI=1S/C36H40BrN3O5S/c1-26(2)23-38-36(42)34(22-28-8-6-5-7-9-28)39(24-29-12-14-30(37)15-13-29)35(41)25-40(31-16-10-27(3)11-17-31)46(43,44)33-20-18-32(45-4)19-21-33/h5-21,26,34H,22-25H2,1-4H3,(H,38,42)/t34-/m1/s1. The second-order valence-corrected chi connectivity index (χ2v) is 14.3. The highest BCUT2D eigenvalue weighted by Gasteiger charge is 2.34. The maximum absolute atomic E-state index is 14.5. The molecule has 0 aliphatic rings. The second-order valence-electron chi connectivity index (χ2n) is 11.5. The summed E-state index contributed by atoms with van der Waals surface area (Å²) in [6.45, 7) is 5.92. The van der Waals surface area contributed by atoms with E-state index in [0.29, 0.717) is 18.0 Å². The van der Waals surface area contributed by atoms with Crippen molar-refractivity contribution >= 4 is 43.5 Å². The van der Waals surface area contributed by atoms with Gasteiger partial charge in [-0.3, -0.25) is 13.9 Å². The number of aryl methyl sites for hydroxylation is 1. The summed E-state index contributed by atoms with van der Waals surface area (Å²) in [5.41, 5.74) is 2.95. The van der Waals surface area contributed by atoms with E-state index in [-0.39, 0.29) is 29.7 Å². The molecule has 0 spiro atoms. The van der Waals surface area contributed by atoms with Crippen LogP contribution in [0.2, 0.25) is 0 Å². The molecule has 0 fully saturated rings. The quantitative estimate of drug-likeness (QED) is 0.164. The molecule has 0 radical (unpaired) electrons. The summed E-state index contributed by atoms with van der Waals surface area (Å²) in [5, 5.41) is 3.01. The fourth-order valence-electron chi connectivity index (χ4n) is 4.88. The lowest BCUT2D eigenvalue weighted by Gasteiger charge is -2.34. The Hall–Kier alpha value is -4.15. The molecule has 4 rings (SSSR count). The molecule has 4 aromatic carbocycles. The molecule has 0 saturated heterocycles. The molecular formula is C36H40BrN3O5S. The van der Waals surface area contributed by atoms with E-state index in [1.165, 1.54) is 24.1 Å². The Balaban J connectivity index is 1.79. The first kappa shape index (κ1) is 34.7. The molecule has 0 heterocycles. The zero-order valence-electron chi connectivity index (χ0n) is 26.5. The molecule has 0 bridgehead atoms. The van der Waals surface area contributed by atoms with E-state index in [0.717, 1.165) is 25.5 Å². The van der Waals surface area contributed by atoms with Gasteiger partial charge in [-0.2, -0.15) is 0 Å². The molecule has 2 amide bonds. The molecule has 46 heavy (non-hydrogen) atoms. The minimum Gasteiger partial charge on any atom is -0.497 e. The van der Waals surface area contributed by atoms with E-state index >= 15 is 0 Å². The van der Waals surface area contributed by atoms with Gasteiger partial charge in [-0.15, -0.1) is 0 Å². The van der Waals surface area contributed by atoms with Crippen molar-refractivity contribution < 1.29 is 22.7 Å². The molecule has 1 atom stereocenters. The number of nitrogens with zero attached hydrogens (tertiary/aromatic N) is 2. The first-order chi connectivity index (χ1) is 22.0. The average Bonchev–Trinajstić information content (AvgIpc) is 3.05. The number of hydrogen-bond acceptors (Lipinski definition) is 5. The highest BCUT2D eigenvalue weighted by molar-refractivity contribution is 9.10. The molecule has 0 aliphatic heterocycles. The van der Waals surface area contributed by atoms with Crippen molar-refractivity contribution in [1.29, 1.82) is 0 Å². The van der Waals surface area contributed by atoms with Gasteiger partial charge < -0.3 is 15.0 Å². The van der Waals surface area contributed by atoms with Crippen LogP contribution in [-0.4, -0.2) is 51.4 Å². The highest BCUT2D eigenvalue weighted by atomic mass is 79.9. The number of methoxy groups -OCH3 is 1. The molecule has 0 aliphatic carbocycles. The fraction of sp³-hybridized carbons (Fsp3) is 0.278. The Morgan fingerprint density at radius 1 is 0.848 bits per heavy atom. The van der Waals surface area contributed by atoms with E-state index in [1.807, 2.05) is 75.4 Å².